The quantitative estimate of drug-likeness (QED) is 0.478. The van der Waals surface area contributed by atoms with Crippen LogP contribution in [0.5, 0.6) is 5.75 Å². The van der Waals surface area contributed by atoms with E-state index in [9.17, 15) is 9.18 Å². The summed E-state index contributed by atoms with van der Waals surface area (Å²) in [5, 5.41) is 0. The predicted octanol–water partition coefficient (Wildman–Crippen LogP) is 5.95. The molecule has 0 spiro atoms. The third kappa shape index (κ3) is 3.99. The molecule has 0 atom stereocenters. The lowest BCUT2D eigenvalue weighted by atomic mass is 10.0. The van der Waals surface area contributed by atoms with Gasteiger partial charge in [0.15, 0.2) is 0 Å². The highest BCUT2D eigenvalue weighted by atomic mass is 19.1. The zero-order valence-corrected chi connectivity index (χ0v) is 17.1. The summed E-state index contributed by atoms with van der Waals surface area (Å²) in [5.74, 6) is 0.671. The molecule has 4 heteroatoms. The van der Waals surface area contributed by atoms with Gasteiger partial charge in [0.25, 0.3) is 5.91 Å². The van der Waals surface area contributed by atoms with E-state index in [1.807, 2.05) is 59.5 Å². The molecule has 0 bridgehead atoms. The largest absolute Gasteiger partial charge is 0.488 e. The molecule has 1 aliphatic rings. The Hall–Kier alpha value is -3.40. The number of nitrogens with zero attached hydrogens (tertiary/aromatic N) is 1. The summed E-state index contributed by atoms with van der Waals surface area (Å²) in [6, 6.07) is 21.9. The molecule has 30 heavy (non-hydrogen) atoms. The van der Waals surface area contributed by atoms with Crippen LogP contribution >= 0.6 is 0 Å². The first-order valence-electron chi connectivity index (χ1n) is 10.1. The molecule has 3 nitrogen and oxygen atoms in total. The zero-order chi connectivity index (χ0) is 21.1. The van der Waals surface area contributed by atoms with Crippen LogP contribution in [0.4, 0.5) is 10.1 Å². The minimum atomic E-state index is -0.294. The standard InChI is InChI=1S/C26H24FNO2/c1-18(2)16-28-24-13-7-5-11-21(24)22(26(28)29)15-19-9-4-8-14-25(19)30-17-20-10-3-6-12-23(20)27/h3-15,18H,16-17H2,1-2H3/b22-15-. The van der Waals surface area contributed by atoms with Gasteiger partial charge in [0.2, 0.25) is 0 Å². The normalized spacial score (nSPS) is 14.5. The minimum Gasteiger partial charge on any atom is -0.488 e. The highest BCUT2D eigenvalue weighted by Gasteiger charge is 2.32. The Balaban J connectivity index is 1.67. The highest BCUT2D eigenvalue weighted by Crippen LogP contribution is 2.39. The van der Waals surface area contributed by atoms with Gasteiger partial charge in [-0.1, -0.05) is 68.4 Å². The second-order valence-corrected chi connectivity index (χ2v) is 7.80. The fourth-order valence-corrected chi connectivity index (χ4v) is 3.65. The Labute approximate surface area is 176 Å². The van der Waals surface area contributed by atoms with Crippen LogP contribution in [-0.4, -0.2) is 12.5 Å². The topological polar surface area (TPSA) is 29.5 Å². The first-order chi connectivity index (χ1) is 14.5. The summed E-state index contributed by atoms with van der Waals surface area (Å²) in [7, 11) is 0. The SMILES string of the molecule is CC(C)CN1C(=O)/C(=C\c2ccccc2OCc2ccccc2F)c2ccccc21. The number of anilines is 1. The van der Waals surface area contributed by atoms with Crippen molar-refractivity contribution in [2.24, 2.45) is 5.92 Å². The smallest absolute Gasteiger partial charge is 0.259 e. The zero-order valence-electron chi connectivity index (χ0n) is 17.1. The first-order valence-corrected chi connectivity index (χ1v) is 10.1. The Morgan fingerprint density at radius 1 is 0.967 bits per heavy atom. The van der Waals surface area contributed by atoms with Crippen LogP contribution in [-0.2, 0) is 11.4 Å². The third-order valence-electron chi connectivity index (χ3n) is 5.07. The van der Waals surface area contributed by atoms with Gasteiger partial charge >= 0.3 is 0 Å². The number of carbonyl (C=O) groups is 1. The molecule has 0 saturated heterocycles. The molecule has 0 radical (unpaired) electrons. The van der Waals surface area contributed by atoms with Crippen molar-refractivity contribution in [3.8, 4) is 5.75 Å². The van der Waals surface area contributed by atoms with E-state index in [0.29, 0.717) is 29.3 Å². The molecule has 0 aromatic heterocycles. The fraction of sp³-hybridized carbons (Fsp3) is 0.192. The second kappa shape index (κ2) is 8.54. The number of rotatable bonds is 6. The number of hydrogen-bond acceptors (Lipinski definition) is 2. The van der Waals surface area contributed by atoms with Crippen LogP contribution in [0.25, 0.3) is 11.6 Å². The summed E-state index contributed by atoms with van der Waals surface area (Å²) < 4.78 is 19.9. The predicted molar refractivity (Wildman–Crippen MR) is 119 cm³/mol. The van der Waals surface area contributed by atoms with E-state index < -0.39 is 0 Å². The number of halogens is 1. The average molecular weight is 401 g/mol. The average Bonchev–Trinajstić information content (AvgIpc) is 3.00. The highest BCUT2D eigenvalue weighted by molar-refractivity contribution is 6.35. The van der Waals surface area contributed by atoms with Gasteiger partial charge < -0.3 is 9.64 Å². The molecule has 4 rings (SSSR count). The van der Waals surface area contributed by atoms with Crippen molar-refractivity contribution in [2.45, 2.75) is 20.5 Å². The van der Waals surface area contributed by atoms with E-state index in [2.05, 4.69) is 13.8 Å². The maximum absolute atomic E-state index is 13.9. The lowest BCUT2D eigenvalue weighted by Gasteiger charge is -2.19. The minimum absolute atomic E-state index is 0.00573. The third-order valence-corrected chi connectivity index (χ3v) is 5.07. The van der Waals surface area contributed by atoms with Gasteiger partial charge in [-0.2, -0.15) is 0 Å². The number of para-hydroxylation sites is 2. The van der Waals surface area contributed by atoms with Gasteiger partial charge in [0.05, 0.1) is 5.69 Å². The van der Waals surface area contributed by atoms with E-state index in [1.54, 1.807) is 18.2 Å². The van der Waals surface area contributed by atoms with Crippen molar-refractivity contribution < 1.29 is 13.9 Å². The molecular formula is C26H24FNO2. The van der Waals surface area contributed by atoms with Crippen LogP contribution < -0.4 is 9.64 Å². The van der Waals surface area contributed by atoms with Crippen LogP contribution in [0.1, 0.15) is 30.5 Å². The maximum Gasteiger partial charge on any atom is 0.259 e. The summed E-state index contributed by atoms with van der Waals surface area (Å²) in [4.78, 5) is 15.0. The lowest BCUT2D eigenvalue weighted by molar-refractivity contribution is -0.113. The van der Waals surface area contributed by atoms with Crippen molar-refractivity contribution in [2.75, 3.05) is 11.4 Å². The molecule has 0 N–H and O–H groups in total. The summed E-state index contributed by atoms with van der Waals surface area (Å²) in [6.07, 6.45) is 1.87. The van der Waals surface area contributed by atoms with Crippen LogP contribution in [0.2, 0.25) is 0 Å². The fourth-order valence-electron chi connectivity index (χ4n) is 3.65. The second-order valence-electron chi connectivity index (χ2n) is 7.80. The summed E-state index contributed by atoms with van der Waals surface area (Å²) >= 11 is 0. The van der Waals surface area contributed by atoms with Crippen LogP contribution in [0, 0.1) is 11.7 Å². The van der Waals surface area contributed by atoms with E-state index in [4.69, 9.17) is 4.74 Å². The number of benzene rings is 3. The monoisotopic (exact) mass is 401 g/mol. The lowest BCUT2D eigenvalue weighted by Crippen LogP contribution is -2.30. The molecular weight excluding hydrogens is 377 g/mol. The molecule has 1 amide bonds. The van der Waals surface area contributed by atoms with Gasteiger partial charge in [-0.15, -0.1) is 0 Å². The maximum atomic E-state index is 13.9. The molecule has 0 fully saturated rings. The number of ether oxygens (including phenoxy) is 1. The molecule has 3 aromatic carbocycles. The van der Waals surface area contributed by atoms with E-state index in [1.165, 1.54) is 6.07 Å². The summed E-state index contributed by atoms with van der Waals surface area (Å²) in [5.41, 5.74) is 3.79. The molecule has 152 valence electrons. The Kier molecular flexibility index (Phi) is 5.66. The molecule has 1 heterocycles. The number of carbonyl (C=O) groups excluding carboxylic acids is 1. The number of hydrogen-bond donors (Lipinski definition) is 0. The van der Waals surface area contributed by atoms with Gasteiger partial charge in [-0.3, -0.25) is 4.79 Å². The van der Waals surface area contributed by atoms with E-state index in [0.717, 1.165) is 16.8 Å². The number of fused-ring (bicyclic) bond motifs is 1. The Morgan fingerprint density at radius 3 is 2.47 bits per heavy atom. The van der Waals surface area contributed by atoms with Crippen molar-refractivity contribution >= 4 is 23.2 Å². The van der Waals surface area contributed by atoms with E-state index in [-0.39, 0.29) is 18.3 Å². The Bertz CT molecular complexity index is 1100. The number of amides is 1. The van der Waals surface area contributed by atoms with E-state index >= 15 is 0 Å². The molecule has 0 aliphatic carbocycles. The molecule has 0 unspecified atom stereocenters. The van der Waals surface area contributed by atoms with Crippen LogP contribution in [0.15, 0.2) is 72.8 Å². The molecule has 1 aliphatic heterocycles. The van der Waals surface area contributed by atoms with Crippen LogP contribution in [0.3, 0.4) is 0 Å². The van der Waals surface area contributed by atoms with Crippen molar-refractivity contribution in [3.63, 3.8) is 0 Å². The van der Waals surface area contributed by atoms with Gasteiger partial charge in [0.1, 0.15) is 18.2 Å². The van der Waals surface area contributed by atoms with Crippen molar-refractivity contribution in [1.82, 2.24) is 0 Å². The van der Waals surface area contributed by atoms with Gasteiger partial charge in [-0.25, -0.2) is 4.39 Å². The summed E-state index contributed by atoms with van der Waals surface area (Å²) in [6.45, 7) is 4.99. The molecule has 0 saturated carbocycles. The first kappa shape index (κ1) is 19.9. The Morgan fingerprint density at radius 2 is 1.67 bits per heavy atom. The van der Waals surface area contributed by atoms with Gasteiger partial charge in [-0.05, 0) is 30.2 Å². The van der Waals surface area contributed by atoms with Crippen molar-refractivity contribution in [3.05, 3.63) is 95.3 Å². The van der Waals surface area contributed by atoms with Gasteiger partial charge in [0, 0.05) is 28.8 Å². The van der Waals surface area contributed by atoms with Crippen molar-refractivity contribution in [1.29, 1.82) is 0 Å². The molecule has 3 aromatic rings.